The molecule has 11 nitrogen and oxygen atoms in total. The van der Waals surface area contributed by atoms with E-state index in [1.165, 1.54) is 0 Å². The van der Waals surface area contributed by atoms with Crippen molar-refractivity contribution >= 4 is 42.5 Å². The summed E-state index contributed by atoms with van der Waals surface area (Å²) >= 11 is 0. The summed E-state index contributed by atoms with van der Waals surface area (Å²) in [5, 5.41) is 7.68. The second-order valence-corrected chi connectivity index (χ2v) is 20.0. The maximum Gasteiger partial charge on any atom is 0.416 e. The number of hydrogen-bond donors (Lipinski definition) is 0. The minimum Gasteiger partial charge on any atom is -0.489 e. The number of Topliss-reactive ketones (excluding diaryl/α,β-unsaturated/α-hetero) is 1. The Morgan fingerprint density at radius 1 is 1.00 bits per heavy atom. The molecule has 2 fully saturated rings. The first-order valence-electron chi connectivity index (χ1n) is 17.1. The number of rotatable bonds is 12. The predicted molar refractivity (Wildman–Crippen MR) is 188 cm³/mol. The second kappa shape index (κ2) is 14.9. The normalized spacial score (nSPS) is 19.2. The number of nitrogens with zero attached hydrogens (tertiary/aromatic N) is 4. The number of halogens is 3. The zero-order chi connectivity index (χ0) is 37.2. The molecule has 2 heterocycles. The molecule has 1 aromatic heterocycles. The maximum atomic E-state index is 14.0. The molecule has 1 amide bonds. The number of esters is 1. The largest absolute Gasteiger partial charge is 0.489 e. The molecule has 6 rings (SSSR count). The van der Waals surface area contributed by atoms with E-state index in [9.17, 15) is 32.3 Å². The predicted octanol–water partition coefficient (Wildman–Crippen LogP) is 6.75. The Kier molecular flexibility index (Phi) is 10.5. The van der Waals surface area contributed by atoms with Crippen molar-refractivity contribution in [3.8, 4) is 5.75 Å². The lowest BCUT2D eigenvalue weighted by molar-refractivity contribution is -0.150. The van der Waals surface area contributed by atoms with Gasteiger partial charge >= 0.3 is 18.2 Å². The van der Waals surface area contributed by atoms with Crippen LogP contribution >= 0.6 is 0 Å². The molecule has 0 N–H and O–H groups in total. The topological polar surface area (TPSA) is 130 Å². The molecule has 0 radical (unpaired) electrons. The second-order valence-electron chi connectivity index (χ2n) is 14.4. The van der Waals surface area contributed by atoms with Crippen molar-refractivity contribution in [2.45, 2.75) is 57.9 Å². The van der Waals surface area contributed by atoms with Gasteiger partial charge in [0.1, 0.15) is 24.5 Å². The highest BCUT2D eigenvalue weighted by Crippen LogP contribution is 2.41. The van der Waals surface area contributed by atoms with Crippen LogP contribution in [0.2, 0.25) is 25.7 Å². The molecule has 1 aliphatic carbocycles. The van der Waals surface area contributed by atoms with Gasteiger partial charge in [0, 0.05) is 25.2 Å². The van der Waals surface area contributed by atoms with Gasteiger partial charge in [0.25, 0.3) is 5.56 Å². The summed E-state index contributed by atoms with van der Waals surface area (Å²) in [6.45, 7) is 7.55. The number of cyclic esters (lactones) is 1. The fraction of sp³-hybridized carbons (Fsp3) is 0.405. The summed E-state index contributed by atoms with van der Waals surface area (Å²) in [5.41, 5.74) is 0.184. The van der Waals surface area contributed by atoms with Gasteiger partial charge in [-0.2, -0.15) is 13.2 Å². The molecular formula is C37H39F3N4O7Si. The lowest BCUT2D eigenvalue weighted by Gasteiger charge is -2.24. The summed E-state index contributed by atoms with van der Waals surface area (Å²) in [6.07, 6.45) is -4.33. The molecule has 2 aliphatic rings. The van der Waals surface area contributed by atoms with E-state index >= 15 is 0 Å². The van der Waals surface area contributed by atoms with Crippen molar-refractivity contribution in [1.29, 1.82) is 0 Å². The maximum absolute atomic E-state index is 14.0. The fourth-order valence-corrected chi connectivity index (χ4v) is 7.34. The van der Waals surface area contributed by atoms with Gasteiger partial charge in [-0.3, -0.25) is 19.3 Å². The summed E-state index contributed by atoms with van der Waals surface area (Å²) in [7, 11) is -1.55. The molecule has 1 aliphatic heterocycles. The van der Waals surface area contributed by atoms with E-state index in [0.717, 1.165) is 34.5 Å². The van der Waals surface area contributed by atoms with Gasteiger partial charge in [-0.15, -0.1) is 5.10 Å². The summed E-state index contributed by atoms with van der Waals surface area (Å²) in [5.74, 6) is -2.52. The molecule has 3 aromatic carbocycles. The molecule has 3 unspecified atom stereocenters. The zero-order valence-corrected chi connectivity index (χ0v) is 30.0. The summed E-state index contributed by atoms with van der Waals surface area (Å²) in [6, 6.07) is 17.4. The van der Waals surface area contributed by atoms with Crippen molar-refractivity contribution < 1.29 is 41.8 Å². The summed E-state index contributed by atoms with van der Waals surface area (Å²) < 4.78 is 57.9. The van der Waals surface area contributed by atoms with Crippen LogP contribution in [0.5, 0.6) is 5.75 Å². The highest BCUT2D eigenvalue weighted by Gasteiger charge is 2.46. The van der Waals surface area contributed by atoms with Gasteiger partial charge in [0.15, 0.2) is 5.78 Å². The van der Waals surface area contributed by atoms with E-state index in [2.05, 4.69) is 30.0 Å². The fourth-order valence-electron chi connectivity index (χ4n) is 6.62. The van der Waals surface area contributed by atoms with Crippen LogP contribution in [0.3, 0.4) is 0 Å². The zero-order valence-electron chi connectivity index (χ0n) is 29.0. The van der Waals surface area contributed by atoms with Crippen LogP contribution in [0.1, 0.15) is 34.3 Å². The number of benzene rings is 3. The number of ether oxygens (including phenoxy) is 3. The third kappa shape index (κ3) is 8.35. The average Bonchev–Trinajstić information content (AvgIpc) is 3.73. The van der Waals surface area contributed by atoms with Gasteiger partial charge in [-0.1, -0.05) is 37.0 Å². The molecule has 0 spiro atoms. The highest BCUT2D eigenvalue weighted by molar-refractivity contribution is 6.76. The van der Waals surface area contributed by atoms with Crippen LogP contribution in [0, 0.1) is 17.8 Å². The van der Waals surface area contributed by atoms with Crippen LogP contribution in [-0.4, -0.2) is 60.7 Å². The van der Waals surface area contributed by atoms with Crippen molar-refractivity contribution in [1.82, 2.24) is 15.0 Å². The number of ketones is 1. The van der Waals surface area contributed by atoms with E-state index in [-0.39, 0.29) is 36.4 Å². The minimum atomic E-state index is -4.65. The van der Waals surface area contributed by atoms with Crippen LogP contribution in [0.15, 0.2) is 71.5 Å². The quantitative estimate of drug-likeness (QED) is 0.0881. The van der Waals surface area contributed by atoms with Gasteiger partial charge in [-0.25, -0.2) is 9.48 Å². The molecule has 0 bridgehead atoms. The number of aromatic nitrogens is 3. The Hall–Kier alpha value is -5.05. The van der Waals surface area contributed by atoms with Crippen molar-refractivity contribution in [3.05, 3.63) is 93.8 Å². The van der Waals surface area contributed by atoms with Crippen molar-refractivity contribution in [3.63, 3.8) is 0 Å². The Morgan fingerprint density at radius 3 is 2.46 bits per heavy atom. The van der Waals surface area contributed by atoms with Crippen LogP contribution in [0.4, 0.5) is 23.7 Å². The van der Waals surface area contributed by atoms with Gasteiger partial charge in [-0.05, 0) is 85.0 Å². The number of amides is 1. The van der Waals surface area contributed by atoms with E-state index in [0.29, 0.717) is 43.0 Å². The molecule has 52 heavy (non-hydrogen) atoms. The molecule has 274 valence electrons. The van der Waals surface area contributed by atoms with E-state index in [4.69, 9.17) is 14.2 Å². The van der Waals surface area contributed by atoms with E-state index < -0.39 is 55.2 Å². The smallest absolute Gasteiger partial charge is 0.416 e. The number of fused-ring (bicyclic) bond motifs is 1. The number of alkyl halides is 3. The summed E-state index contributed by atoms with van der Waals surface area (Å²) in [4.78, 5) is 54.5. The number of anilines is 1. The molecule has 4 aromatic rings. The average molecular weight is 737 g/mol. The Bertz CT molecular complexity index is 2030. The van der Waals surface area contributed by atoms with Crippen molar-refractivity contribution in [2.24, 2.45) is 17.8 Å². The molecule has 1 saturated heterocycles. The molecule has 3 atom stereocenters. The standard InChI is InChI=1S/C37H39F3N4O7Si/c1-52(2,3)18-17-49-35(47)32-25(21-44-34(46)30-20-26(37(38,39)40)10-14-31(30)41-42-44)9-13-29(32)33(45)24-7-11-28(12-8-24)51-22-23-5-4-6-27(19-23)43-15-16-50-36(43)48/h4-8,10-12,14,19-20,25,29,32H,9,13,15-18,21-22H2,1-3H3. The van der Waals surface area contributed by atoms with Crippen molar-refractivity contribution in [2.75, 3.05) is 24.7 Å². The van der Waals surface area contributed by atoms with Gasteiger partial charge in [0.05, 0.1) is 36.6 Å². The van der Waals surface area contributed by atoms with Crippen LogP contribution < -0.4 is 15.2 Å². The highest BCUT2D eigenvalue weighted by atomic mass is 28.3. The monoisotopic (exact) mass is 736 g/mol. The third-order valence-electron chi connectivity index (χ3n) is 9.48. The molecule has 15 heteroatoms. The van der Waals surface area contributed by atoms with E-state index in [1.807, 2.05) is 24.3 Å². The SMILES string of the molecule is C[Si](C)(C)CCOC(=O)C1C(Cn2nnc3ccc(C(F)(F)F)cc3c2=O)CCC1C(=O)c1ccc(OCc2cccc(N3CCOC3=O)c2)cc1. The molecular weight excluding hydrogens is 698 g/mol. The first kappa shape index (κ1) is 36.7. The number of carbonyl (C=O) groups is 3. The lowest BCUT2D eigenvalue weighted by atomic mass is 9.84. The Balaban J connectivity index is 1.18. The van der Waals surface area contributed by atoms with Crippen LogP contribution in [-0.2, 0) is 33.6 Å². The minimum absolute atomic E-state index is 0.0191. The first-order valence-corrected chi connectivity index (χ1v) is 20.8. The van der Waals surface area contributed by atoms with E-state index in [1.54, 1.807) is 29.2 Å². The number of carbonyl (C=O) groups excluding carboxylic acids is 3. The lowest BCUT2D eigenvalue weighted by Crippen LogP contribution is -2.36. The first-order chi connectivity index (χ1) is 24.7. The van der Waals surface area contributed by atoms with Gasteiger partial charge in [0.2, 0.25) is 0 Å². The van der Waals surface area contributed by atoms with Gasteiger partial charge < -0.3 is 14.2 Å². The number of hydrogen-bond acceptors (Lipinski definition) is 9. The Labute approximate surface area is 298 Å². The Morgan fingerprint density at radius 2 is 1.77 bits per heavy atom. The third-order valence-corrected chi connectivity index (χ3v) is 11.2. The van der Waals surface area contributed by atoms with Crippen LogP contribution in [0.25, 0.3) is 10.9 Å². The molecule has 1 saturated carbocycles.